The molecule has 116 valence electrons. The Balaban J connectivity index is 1.91. The van der Waals surface area contributed by atoms with E-state index in [9.17, 15) is 13.2 Å². The van der Waals surface area contributed by atoms with E-state index < -0.39 is 10.0 Å². The molecule has 1 amide bonds. The molecule has 1 N–H and O–H groups in total. The monoisotopic (exact) mass is 310 g/mol. The van der Waals surface area contributed by atoms with Crippen LogP contribution in [0, 0.1) is 12.8 Å². The second kappa shape index (κ2) is 6.58. The van der Waals surface area contributed by atoms with Crippen LogP contribution >= 0.6 is 0 Å². The Morgan fingerprint density at radius 1 is 1.43 bits per heavy atom. The highest BCUT2D eigenvalue weighted by molar-refractivity contribution is 7.88. The number of hydrogen-bond donors (Lipinski definition) is 1. The number of piperidine rings is 1. The number of nitrogens with zero attached hydrogens (tertiary/aromatic N) is 1. The molecule has 6 heteroatoms. The summed E-state index contributed by atoms with van der Waals surface area (Å²) in [7, 11) is -3.21. The van der Waals surface area contributed by atoms with Crippen LogP contribution in [0.4, 0.5) is 0 Å². The van der Waals surface area contributed by atoms with Crippen molar-refractivity contribution in [2.24, 2.45) is 5.92 Å². The molecule has 1 atom stereocenters. The summed E-state index contributed by atoms with van der Waals surface area (Å²) in [6.45, 7) is 3.30. The van der Waals surface area contributed by atoms with Crippen molar-refractivity contribution in [2.75, 3.05) is 19.3 Å². The molecule has 1 aliphatic heterocycles. The fraction of sp³-hybridized carbons (Fsp3) is 0.533. The van der Waals surface area contributed by atoms with Crippen LogP contribution in [0.1, 0.15) is 24.0 Å². The van der Waals surface area contributed by atoms with Gasteiger partial charge in [-0.05, 0) is 25.3 Å². The minimum atomic E-state index is -3.21. The van der Waals surface area contributed by atoms with Gasteiger partial charge in [0.1, 0.15) is 0 Å². The summed E-state index contributed by atoms with van der Waals surface area (Å²) in [5.74, 6) is -0.317. The lowest BCUT2D eigenvalue weighted by atomic mass is 9.98. The van der Waals surface area contributed by atoms with Crippen LogP contribution in [0.3, 0.4) is 0 Å². The Morgan fingerprint density at radius 3 is 2.86 bits per heavy atom. The van der Waals surface area contributed by atoms with E-state index >= 15 is 0 Å². The smallest absolute Gasteiger partial charge is 0.224 e. The van der Waals surface area contributed by atoms with Gasteiger partial charge < -0.3 is 5.32 Å². The van der Waals surface area contributed by atoms with Crippen LogP contribution in [-0.2, 0) is 21.4 Å². The number of hydrogen-bond acceptors (Lipinski definition) is 3. The van der Waals surface area contributed by atoms with Gasteiger partial charge in [0.2, 0.25) is 15.9 Å². The van der Waals surface area contributed by atoms with Crippen molar-refractivity contribution >= 4 is 15.9 Å². The summed E-state index contributed by atoms with van der Waals surface area (Å²) in [5, 5.41) is 2.91. The Bertz CT molecular complexity index is 613. The average Bonchev–Trinajstić information content (AvgIpc) is 2.44. The van der Waals surface area contributed by atoms with Crippen molar-refractivity contribution in [3.05, 3.63) is 35.4 Å². The standard InChI is InChI=1S/C15H22N2O3S/c1-12-5-3-6-13(9-12)10-16-15(18)14-7-4-8-17(11-14)21(2,19)20/h3,5-6,9,14H,4,7-8,10-11H2,1-2H3,(H,16,18). The van der Waals surface area contributed by atoms with Crippen molar-refractivity contribution in [3.8, 4) is 0 Å². The predicted octanol–water partition coefficient (Wildman–Crippen LogP) is 1.28. The highest BCUT2D eigenvalue weighted by Crippen LogP contribution is 2.19. The van der Waals surface area contributed by atoms with Gasteiger partial charge in [0.25, 0.3) is 0 Å². The molecule has 1 fully saturated rings. The molecule has 0 radical (unpaired) electrons. The van der Waals surface area contributed by atoms with Crippen LogP contribution in [-0.4, -0.2) is 38.0 Å². The van der Waals surface area contributed by atoms with Gasteiger partial charge in [-0.2, -0.15) is 0 Å². The van der Waals surface area contributed by atoms with E-state index in [-0.39, 0.29) is 11.8 Å². The molecule has 1 saturated heterocycles. The molecule has 0 aromatic heterocycles. The molecule has 0 aliphatic carbocycles. The molecule has 1 heterocycles. The Hall–Kier alpha value is -1.40. The molecule has 1 aromatic rings. The number of sulfonamides is 1. The zero-order valence-electron chi connectivity index (χ0n) is 12.5. The largest absolute Gasteiger partial charge is 0.352 e. The third-order valence-corrected chi connectivity index (χ3v) is 5.04. The van der Waals surface area contributed by atoms with Gasteiger partial charge >= 0.3 is 0 Å². The van der Waals surface area contributed by atoms with Crippen molar-refractivity contribution in [2.45, 2.75) is 26.3 Å². The number of amides is 1. The van der Waals surface area contributed by atoms with Crippen molar-refractivity contribution in [1.29, 1.82) is 0 Å². The molecular weight excluding hydrogens is 288 g/mol. The van der Waals surface area contributed by atoms with Gasteiger partial charge in [0.15, 0.2) is 0 Å². The maximum absolute atomic E-state index is 12.2. The van der Waals surface area contributed by atoms with Crippen molar-refractivity contribution < 1.29 is 13.2 Å². The molecule has 1 aliphatic rings. The molecule has 1 unspecified atom stereocenters. The third-order valence-electron chi connectivity index (χ3n) is 3.77. The minimum Gasteiger partial charge on any atom is -0.352 e. The summed E-state index contributed by atoms with van der Waals surface area (Å²) in [6.07, 6.45) is 2.67. The Morgan fingerprint density at radius 2 is 2.19 bits per heavy atom. The fourth-order valence-corrected chi connectivity index (χ4v) is 3.52. The van der Waals surface area contributed by atoms with Gasteiger partial charge in [0, 0.05) is 19.6 Å². The van der Waals surface area contributed by atoms with Crippen molar-refractivity contribution in [1.82, 2.24) is 9.62 Å². The normalized spacial score (nSPS) is 20.2. The second-order valence-electron chi connectivity index (χ2n) is 5.67. The number of aryl methyl sites for hydroxylation is 1. The summed E-state index contributed by atoms with van der Waals surface area (Å²) in [4.78, 5) is 12.2. The van der Waals surface area contributed by atoms with Crippen LogP contribution in [0.25, 0.3) is 0 Å². The number of carbonyl (C=O) groups excluding carboxylic acids is 1. The molecule has 21 heavy (non-hydrogen) atoms. The molecule has 0 spiro atoms. The van der Waals surface area contributed by atoms with Gasteiger partial charge in [0.05, 0.1) is 12.2 Å². The lowest BCUT2D eigenvalue weighted by Gasteiger charge is -2.30. The van der Waals surface area contributed by atoms with Gasteiger partial charge in [-0.15, -0.1) is 0 Å². The molecular formula is C15H22N2O3S. The first kappa shape index (κ1) is 16.0. The maximum atomic E-state index is 12.2. The molecule has 2 rings (SSSR count). The highest BCUT2D eigenvalue weighted by Gasteiger charge is 2.29. The van der Waals surface area contributed by atoms with E-state index in [0.29, 0.717) is 19.6 Å². The zero-order valence-corrected chi connectivity index (χ0v) is 13.3. The number of benzene rings is 1. The lowest BCUT2D eigenvalue weighted by Crippen LogP contribution is -2.44. The third kappa shape index (κ3) is 4.54. The zero-order chi connectivity index (χ0) is 15.5. The van der Waals surface area contributed by atoms with E-state index in [0.717, 1.165) is 24.0 Å². The van der Waals surface area contributed by atoms with Crippen LogP contribution in [0.5, 0.6) is 0 Å². The number of rotatable bonds is 4. The summed E-state index contributed by atoms with van der Waals surface area (Å²) in [6, 6.07) is 7.97. The first-order valence-corrected chi connectivity index (χ1v) is 8.99. The number of carbonyl (C=O) groups is 1. The highest BCUT2D eigenvalue weighted by atomic mass is 32.2. The first-order valence-electron chi connectivity index (χ1n) is 7.14. The quantitative estimate of drug-likeness (QED) is 0.911. The second-order valence-corrected chi connectivity index (χ2v) is 7.65. The summed E-state index contributed by atoms with van der Waals surface area (Å²) < 4.78 is 24.5. The van der Waals surface area contributed by atoms with Crippen LogP contribution in [0.15, 0.2) is 24.3 Å². The SMILES string of the molecule is Cc1cccc(CNC(=O)C2CCCN(S(C)(=O)=O)C2)c1. The van der Waals surface area contributed by atoms with E-state index in [1.54, 1.807) is 0 Å². The Kier molecular flexibility index (Phi) is 5.00. The van der Waals surface area contributed by atoms with E-state index in [1.807, 2.05) is 31.2 Å². The van der Waals surface area contributed by atoms with Crippen LogP contribution < -0.4 is 5.32 Å². The predicted molar refractivity (Wildman–Crippen MR) is 82.2 cm³/mol. The van der Waals surface area contributed by atoms with Crippen molar-refractivity contribution in [3.63, 3.8) is 0 Å². The molecule has 0 saturated carbocycles. The summed E-state index contributed by atoms with van der Waals surface area (Å²) in [5.41, 5.74) is 2.21. The average molecular weight is 310 g/mol. The fourth-order valence-electron chi connectivity index (χ4n) is 2.61. The van der Waals surface area contributed by atoms with Gasteiger partial charge in [-0.1, -0.05) is 29.8 Å². The number of nitrogens with one attached hydrogen (secondary N) is 1. The van der Waals surface area contributed by atoms with Gasteiger partial charge in [-0.3, -0.25) is 4.79 Å². The lowest BCUT2D eigenvalue weighted by molar-refractivity contribution is -0.126. The van der Waals surface area contributed by atoms with E-state index in [4.69, 9.17) is 0 Å². The first-order chi connectivity index (χ1) is 9.86. The maximum Gasteiger partial charge on any atom is 0.224 e. The van der Waals surface area contributed by atoms with Gasteiger partial charge in [-0.25, -0.2) is 12.7 Å². The van der Waals surface area contributed by atoms with E-state index in [2.05, 4.69) is 5.32 Å². The van der Waals surface area contributed by atoms with E-state index in [1.165, 1.54) is 10.6 Å². The van der Waals surface area contributed by atoms with Crippen LogP contribution in [0.2, 0.25) is 0 Å². The molecule has 0 bridgehead atoms. The molecule has 5 nitrogen and oxygen atoms in total. The minimum absolute atomic E-state index is 0.0649. The Labute approximate surface area is 126 Å². The molecule has 1 aromatic carbocycles. The topological polar surface area (TPSA) is 66.5 Å². The summed E-state index contributed by atoms with van der Waals surface area (Å²) >= 11 is 0.